The van der Waals surface area contributed by atoms with E-state index in [0.717, 1.165) is 47.6 Å². The lowest BCUT2D eigenvalue weighted by atomic mass is 9.59. The van der Waals surface area contributed by atoms with Crippen LogP contribution in [0.5, 0.6) is 0 Å². The number of hydrogen-bond donors (Lipinski definition) is 1. The Labute approximate surface area is 220 Å². The lowest BCUT2D eigenvalue weighted by Gasteiger charge is -2.51. The SMILES string of the molecule is Cc1c2c(nc(C(C)C)c1C(O)c1ccc(C(F)(F)F)cn1)CC1(CCC1)CC2O[Si](C)(C)C(C)(C)C. The quantitative estimate of drug-likeness (QED) is 0.393. The maximum Gasteiger partial charge on any atom is 0.417 e. The van der Waals surface area contributed by atoms with Gasteiger partial charge in [0, 0.05) is 28.7 Å². The predicted octanol–water partition coefficient (Wildman–Crippen LogP) is 8.19. The fraction of sp³-hybridized carbons (Fsp3) is 0.655. The monoisotopic (exact) mass is 534 g/mol. The van der Waals surface area contributed by atoms with Crippen molar-refractivity contribution in [1.82, 2.24) is 9.97 Å². The average molecular weight is 535 g/mol. The molecule has 2 aliphatic carbocycles. The van der Waals surface area contributed by atoms with E-state index in [1.54, 1.807) is 0 Å². The Kier molecular flexibility index (Phi) is 7.21. The van der Waals surface area contributed by atoms with Gasteiger partial charge < -0.3 is 9.53 Å². The Balaban J connectivity index is 1.84. The molecule has 0 bridgehead atoms. The molecule has 37 heavy (non-hydrogen) atoms. The first-order valence-electron chi connectivity index (χ1n) is 13.4. The van der Waals surface area contributed by atoms with Gasteiger partial charge in [0.05, 0.1) is 17.4 Å². The van der Waals surface area contributed by atoms with Gasteiger partial charge in [0.2, 0.25) is 0 Å². The molecule has 2 unspecified atom stereocenters. The summed E-state index contributed by atoms with van der Waals surface area (Å²) in [5.41, 5.74) is 4.07. The molecule has 2 aromatic rings. The second-order valence-corrected chi connectivity index (χ2v) is 17.8. The van der Waals surface area contributed by atoms with Crippen molar-refractivity contribution in [3.8, 4) is 0 Å². The van der Waals surface area contributed by atoms with Crippen LogP contribution in [0.3, 0.4) is 0 Å². The summed E-state index contributed by atoms with van der Waals surface area (Å²) in [6.07, 6.45) is 0.486. The third kappa shape index (κ3) is 5.26. The molecule has 204 valence electrons. The molecule has 2 aliphatic rings. The first kappa shape index (κ1) is 28.2. The minimum absolute atomic E-state index is 0.0297. The summed E-state index contributed by atoms with van der Waals surface area (Å²) < 4.78 is 46.4. The van der Waals surface area contributed by atoms with Crippen LogP contribution < -0.4 is 0 Å². The number of pyridine rings is 2. The van der Waals surface area contributed by atoms with Gasteiger partial charge in [-0.15, -0.1) is 0 Å². The molecule has 0 aliphatic heterocycles. The van der Waals surface area contributed by atoms with Crippen LogP contribution in [0.15, 0.2) is 18.3 Å². The molecule has 2 aromatic heterocycles. The maximum atomic E-state index is 13.1. The van der Waals surface area contributed by atoms with Crippen LogP contribution >= 0.6 is 0 Å². The molecule has 2 atom stereocenters. The first-order chi connectivity index (χ1) is 17.0. The minimum Gasteiger partial charge on any atom is -0.410 e. The number of halogens is 3. The first-order valence-corrected chi connectivity index (χ1v) is 16.3. The number of hydrogen-bond acceptors (Lipinski definition) is 4. The number of fused-ring (bicyclic) bond motifs is 1. The summed E-state index contributed by atoms with van der Waals surface area (Å²) in [4.78, 5) is 9.17. The largest absolute Gasteiger partial charge is 0.417 e. The van der Waals surface area contributed by atoms with Crippen molar-refractivity contribution in [2.45, 2.75) is 116 Å². The molecule has 4 nitrogen and oxygen atoms in total. The predicted molar refractivity (Wildman–Crippen MR) is 142 cm³/mol. The smallest absolute Gasteiger partial charge is 0.410 e. The molecule has 8 heteroatoms. The third-order valence-electron chi connectivity index (χ3n) is 9.00. The van der Waals surface area contributed by atoms with Crippen LogP contribution in [-0.4, -0.2) is 23.4 Å². The summed E-state index contributed by atoms with van der Waals surface area (Å²) in [7, 11) is -2.11. The van der Waals surface area contributed by atoms with Gasteiger partial charge in [-0.2, -0.15) is 13.2 Å². The molecule has 1 N–H and O–H groups in total. The molecular weight excluding hydrogens is 493 g/mol. The standard InChI is InChI=1S/C29H41F3N2O2Si/c1-17(2)25-24(26(35)20-11-10-19(16-33-20)29(30,31)32)18(3)23-21(34-25)14-28(12-9-13-28)15-22(23)36-37(7,8)27(4,5)6/h10-11,16-17,22,26,35H,9,12-15H2,1-8H3. The number of alkyl halides is 3. The van der Waals surface area contributed by atoms with E-state index in [1.165, 1.54) is 25.3 Å². The Morgan fingerprint density at radius 2 is 1.78 bits per heavy atom. The zero-order valence-corrected chi connectivity index (χ0v) is 24.4. The van der Waals surface area contributed by atoms with Gasteiger partial charge >= 0.3 is 6.18 Å². The molecule has 4 rings (SSSR count). The molecule has 0 aromatic carbocycles. The van der Waals surface area contributed by atoms with Crippen molar-refractivity contribution < 1.29 is 22.7 Å². The number of aromatic nitrogens is 2. The number of nitrogens with zero attached hydrogens (tertiary/aromatic N) is 2. The van der Waals surface area contributed by atoms with Gasteiger partial charge in [0.15, 0.2) is 8.32 Å². The molecular formula is C29H41F3N2O2Si. The van der Waals surface area contributed by atoms with E-state index in [4.69, 9.17) is 9.41 Å². The molecule has 0 amide bonds. The number of aliphatic hydroxyl groups is 1. The van der Waals surface area contributed by atoms with E-state index in [9.17, 15) is 18.3 Å². The maximum absolute atomic E-state index is 13.1. The van der Waals surface area contributed by atoms with E-state index >= 15 is 0 Å². The Morgan fingerprint density at radius 3 is 2.24 bits per heavy atom. The zero-order valence-electron chi connectivity index (χ0n) is 23.4. The summed E-state index contributed by atoms with van der Waals surface area (Å²) in [5, 5.41) is 11.5. The Bertz CT molecular complexity index is 1150. The van der Waals surface area contributed by atoms with Crippen LogP contribution in [-0.2, 0) is 17.0 Å². The molecule has 2 heterocycles. The zero-order chi connectivity index (χ0) is 27.6. The van der Waals surface area contributed by atoms with Crippen LogP contribution in [0.25, 0.3) is 0 Å². The van der Waals surface area contributed by atoms with E-state index in [1.807, 2.05) is 20.8 Å². The van der Waals surface area contributed by atoms with Crippen LogP contribution in [0.1, 0.15) is 118 Å². The Morgan fingerprint density at radius 1 is 1.14 bits per heavy atom. The summed E-state index contributed by atoms with van der Waals surface area (Å²) in [6.45, 7) is 17.3. The van der Waals surface area contributed by atoms with Crippen LogP contribution in [0.2, 0.25) is 18.1 Å². The highest BCUT2D eigenvalue weighted by atomic mass is 28.4. The lowest BCUT2D eigenvalue weighted by Crippen LogP contribution is -2.46. The van der Waals surface area contributed by atoms with Crippen LogP contribution in [0, 0.1) is 12.3 Å². The molecule has 0 saturated heterocycles. The van der Waals surface area contributed by atoms with Crippen LogP contribution in [0.4, 0.5) is 13.2 Å². The van der Waals surface area contributed by atoms with Crippen molar-refractivity contribution in [2.75, 3.05) is 0 Å². The third-order valence-corrected chi connectivity index (χ3v) is 13.5. The number of rotatable bonds is 5. The molecule has 0 radical (unpaired) electrons. The van der Waals surface area contributed by atoms with E-state index in [-0.39, 0.29) is 28.2 Å². The lowest BCUT2D eigenvalue weighted by molar-refractivity contribution is -0.137. The van der Waals surface area contributed by atoms with Crippen molar-refractivity contribution in [3.63, 3.8) is 0 Å². The summed E-state index contributed by atoms with van der Waals surface area (Å²) in [5.74, 6) is 0.0297. The van der Waals surface area contributed by atoms with E-state index in [0.29, 0.717) is 5.56 Å². The van der Waals surface area contributed by atoms with Crippen molar-refractivity contribution in [1.29, 1.82) is 0 Å². The van der Waals surface area contributed by atoms with E-state index in [2.05, 4.69) is 38.8 Å². The van der Waals surface area contributed by atoms with Gasteiger partial charge in [0.25, 0.3) is 0 Å². The Hall–Kier alpha value is -1.77. The minimum atomic E-state index is -4.48. The van der Waals surface area contributed by atoms with E-state index < -0.39 is 26.2 Å². The van der Waals surface area contributed by atoms with Crippen molar-refractivity contribution >= 4 is 8.32 Å². The van der Waals surface area contributed by atoms with Crippen molar-refractivity contribution in [2.24, 2.45) is 5.41 Å². The van der Waals surface area contributed by atoms with Gasteiger partial charge in [-0.3, -0.25) is 9.97 Å². The average Bonchev–Trinajstić information content (AvgIpc) is 2.75. The summed E-state index contributed by atoms with van der Waals surface area (Å²) in [6, 6.07) is 2.24. The van der Waals surface area contributed by atoms with Crippen molar-refractivity contribution in [3.05, 3.63) is 57.7 Å². The highest BCUT2D eigenvalue weighted by Gasteiger charge is 2.49. The fourth-order valence-electron chi connectivity index (χ4n) is 5.66. The highest BCUT2D eigenvalue weighted by molar-refractivity contribution is 6.74. The van der Waals surface area contributed by atoms with Gasteiger partial charge in [-0.05, 0) is 79.8 Å². The molecule has 1 spiro atoms. The van der Waals surface area contributed by atoms with Gasteiger partial charge in [-0.1, -0.05) is 41.0 Å². The second kappa shape index (κ2) is 9.45. The fourth-order valence-corrected chi connectivity index (χ4v) is 6.93. The molecule has 1 fully saturated rings. The highest BCUT2D eigenvalue weighted by Crippen LogP contribution is 2.56. The normalized spacial score (nSPS) is 20.6. The topological polar surface area (TPSA) is 55.2 Å². The van der Waals surface area contributed by atoms with Gasteiger partial charge in [-0.25, -0.2) is 0 Å². The summed E-state index contributed by atoms with van der Waals surface area (Å²) >= 11 is 0. The molecule has 1 saturated carbocycles. The number of aliphatic hydroxyl groups excluding tert-OH is 1. The van der Waals surface area contributed by atoms with Gasteiger partial charge in [0.1, 0.15) is 6.10 Å². The second-order valence-electron chi connectivity index (χ2n) is 13.0.